The van der Waals surface area contributed by atoms with E-state index in [1.807, 2.05) is 6.07 Å². The highest BCUT2D eigenvalue weighted by molar-refractivity contribution is 5.85. The fourth-order valence-electron chi connectivity index (χ4n) is 5.69. The first kappa shape index (κ1) is 25.8. The predicted molar refractivity (Wildman–Crippen MR) is 139 cm³/mol. The van der Waals surface area contributed by atoms with Gasteiger partial charge in [-0.05, 0) is 56.1 Å². The summed E-state index contributed by atoms with van der Waals surface area (Å²) in [5, 5.41) is 20.1. The van der Waals surface area contributed by atoms with Crippen LogP contribution in [0.15, 0.2) is 47.2 Å². The molecule has 5 rings (SSSR count). The predicted octanol–water partition coefficient (Wildman–Crippen LogP) is 4.33. The maximum atomic E-state index is 12.4. The maximum absolute atomic E-state index is 12.4. The highest BCUT2D eigenvalue weighted by atomic mass is 35.5. The summed E-state index contributed by atoms with van der Waals surface area (Å²) in [5.41, 5.74) is 2.11. The maximum Gasteiger partial charge on any atom is 0.230 e. The first-order chi connectivity index (χ1) is 16.3. The minimum atomic E-state index is -1.19. The summed E-state index contributed by atoms with van der Waals surface area (Å²) in [6.07, 6.45) is 5.52. The van der Waals surface area contributed by atoms with Crippen LogP contribution in [0.25, 0.3) is 11.4 Å². The number of aliphatic hydroxyl groups is 1. The van der Waals surface area contributed by atoms with Crippen LogP contribution in [0, 0.1) is 5.41 Å². The number of likely N-dealkylation sites (tertiary alicyclic amines) is 1. The zero-order chi connectivity index (χ0) is 23.9. The molecule has 0 spiro atoms. The first-order valence-corrected chi connectivity index (χ1v) is 12.3. The van der Waals surface area contributed by atoms with Gasteiger partial charge in [-0.3, -0.25) is 4.98 Å². The van der Waals surface area contributed by atoms with E-state index in [0.717, 1.165) is 55.7 Å². The van der Waals surface area contributed by atoms with E-state index in [-0.39, 0.29) is 17.8 Å². The van der Waals surface area contributed by atoms with Gasteiger partial charge in [0.15, 0.2) is 0 Å². The van der Waals surface area contributed by atoms with Gasteiger partial charge in [0.2, 0.25) is 11.7 Å². The van der Waals surface area contributed by atoms with Crippen molar-refractivity contribution in [3.05, 3.63) is 65.3 Å². The van der Waals surface area contributed by atoms with Gasteiger partial charge < -0.3 is 19.8 Å². The average Bonchev–Trinajstić information content (AvgIpc) is 3.34. The van der Waals surface area contributed by atoms with Crippen molar-refractivity contribution in [2.24, 2.45) is 5.41 Å². The van der Waals surface area contributed by atoms with E-state index in [9.17, 15) is 5.11 Å². The molecule has 2 fully saturated rings. The molecule has 2 aliphatic heterocycles. The van der Waals surface area contributed by atoms with Crippen LogP contribution in [0.3, 0.4) is 0 Å². The Balaban J connectivity index is 0.00000289. The van der Waals surface area contributed by atoms with E-state index in [1.54, 1.807) is 12.4 Å². The van der Waals surface area contributed by atoms with Crippen LogP contribution in [0.4, 0.5) is 0 Å². The van der Waals surface area contributed by atoms with Crippen molar-refractivity contribution in [3.63, 3.8) is 0 Å². The summed E-state index contributed by atoms with van der Waals surface area (Å²) >= 11 is 0. The highest BCUT2D eigenvalue weighted by Crippen LogP contribution is 2.50. The zero-order valence-electron chi connectivity index (χ0n) is 21.0. The van der Waals surface area contributed by atoms with E-state index >= 15 is 0 Å². The molecule has 0 unspecified atom stereocenters. The lowest BCUT2D eigenvalue weighted by atomic mass is 9.62. The molecule has 2 N–H and O–H groups in total. The molecule has 2 saturated heterocycles. The monoisotopic (exact) mass is 497 g/mol. The molecular weight excluding hydrogens is 462 g/mol. The van der Waals surface area contributed by atoms with E-state index in [1.165, 1.54) is 5.56 Å². The number of hydrogen-bond acceptors (Lipinski definition) is 7. The normalized spacial score (nSPS) is 20.2. The molecule has 7 nitrogen and oxygen atoms in total. The van der Waals surface area contributed by atoms with Crippen molar-refractivity contribution < 1.29 is 9.63 Å². The van der Waals surface area contributed by atoms with Crippen molar-refractivity contribution in [2.75, 3.05) is 33.2 Å². The van der Waals surface area contributed by atoms with Crippen LogP contribution in [0.5, 0.6) is 0 Å². The van der Waals surface area contributed by atoms with Gasteiger partial charge in [-0.25, -0.2) is 0 Å². The molecule has 1 atom stereocenters. The third-order valence-corrected chi connectivity index (χ3v) is 7.65. The molecule has 8 heteroatoms. The fraction of sp³-hybridized carbons (Fsp3) is 0.519. The third kappa shape index (κ3) is 4.62. The van der Waals surface area contributed by atoms with Crippen LogP contribution in [0.2, 0.25) is 0 Å². The molecule has 3 aromatic rings. The number of hydrogen-bond donors (Lipinski definition) is 2. The Morgan fingerprint density at radius 1 is 1.11 bits per heavy atom. The van der Waals surface area contributed by atoms with E-state index in [2.05, 4.69) is 72.4 Å². The Kier molecular flexibility index (Phi) is 7.34. The Bertz CT molecular complexity index is 1140. The molecular formula is C27H36ClN5O2. The van der Waals surface area contributed by atoms with Crippen molar-refractivity contribution in [2.45, 2.75) is 51.0 Å². The van der Waals surface area contributed by atoms with E-state index < -0.39 is 5.60 Å². The molecule has 0 amide bonds. The van der Waals surface area contributed by atoms with Crippen molar-refractivity contribution in [1.29, 1.82) is 0 Å². The van der Waals surface area contributed by atoms with Gasteiger partial charge in [0.1, 0.15) is 5.60 Å². The fourth-order valence-corrected chi connectivity index (χ4v) is 5.69. The Morgan fingerprint density at radius 2 is 1.80 bits per heavy atom. The molecule has 188 valence electrons. The largest absolute Gasteiger partial charge is 0.380 e. The van der Waals surface area contributed by atoms with Crippen LogP contribution in [-0.2, 0) is 5.60 Å². The molecule has 0 aliphatic carbocycles. The lowest BCUT2D eigenvalue weighted by Crippen LogP contribution is -2.63. The van der Waals surface area contributed by atoms with Gasteiger partial charge in [0.05, 0.1) is 0 Å². The van der Waals surface area contributed by atoms with Gasteiger partial charge in [0.25, 0.3) is 0 Å². The van der Waals surface area contributed by atoms with Gasteiger partial charge in [-0.15, -0.1) is 12.4 Å². The molecule has 0 radical (unpaired) electrons. The second kappa shape index (κ2) is 9.97. The molecule has 4 heterocycles. The summed E-state index contributed by atoms with van der Waals surface area (Å²) in [4.78, 5) is 11.4. The smallest absolute Gasteiger partial charge is 0.230 e. The summed E-state index contributed by atoms with van der Waals surface area (Å²) in [7, 11) is 2.08. The Morgan fingerprint density at radius 3 is 2.43 bits per heavy atom. The summed E-state index contributed by atoms with van der Waals surface area (Å²) in [6, 6.07) is 10.4. The topological polar surface area (TPSA) is 87.3 Å². The second-order valence-corrected chi connectivity index (χ2v) is 10.7. The van der Waals surface area contributed by atoms with E-state index in [4.69, 9.17) is 9.51 Å². The molecule has 2 aliphatic rings. The number of nitrogens with zero attached hydrogens (tertiary/aromatic N) is 4. The summed E-state index contributed by atoms with van der Waals surface area (Å²) in [5.74, 6) is 1.94. The number of halogens is 1. The van der Waals surface area contributed by atoms with Crippen LogP contribution in [-0.4, -0.2) is 58.4 Å². The van der Waals surface area contributed by atoms with Gasteiger partial charge in [-0.1, -0.05) is 50.2 Å². The average molecular weight is 498 g/mol. The Labute approximate surface area is 213 Å². The summed E-state index contributed by atoms with van der Waals surface area (Å²) < 4.78 is 5.63. The second-order valence-electron chi connectivity index (χ2n) is 10.7. The number of rotatable bonds is 6. The first-order valence-electron chi connectivity index (χ1n) is 12.3. The van der Waals surface area contributed by atoms with Crippen LogP contribution in [0.1, 0.15) is 68.0 Å². The molecule has 35 heavy (non-hydrogen) atoms. The number of piperidine rings is 1. The van der Waals surface area contributed by atoms with Crippen LogP contribution >= 0.6 is 12.4 Å². The number of pyridine rings is 1. The zero-order valence-corrected chi connectivity index (χ0v) is 21.8. The molecule has 1 aromatic carbocycles. The standard InChI is InChI=1S/C27H35N5O2.ClH/c1-18(2)19-5-7-22(8-6-19)27(33,26(3)16-32(4)17-26)23-13-21(14-29-15-23)24-30-25(34-31-24)20-9-11-28-12-10-20;/h5-8,13-15,18,20,28,33H,9-12,16-17H2,1-4H3;1H/t27-;/m0./s1. The highest BCUT2D eigenvalue weighted by Gasteiger charge is 2.55. The Hall–Kier alpha value is -2.32. The quantitative estimate of drug-likeness (QED) is 0.524. The number of nitrogens with one attached hydrogen (secondary N) is 1. The molecule has 0 bridgehead atoms. The molecule has 0 saturated carbocycles. The van der Waals surface area contributed by atoms with Crippen LogP contribution < -0.4 is 5.32 Å². The minimum Gasteiger partial charge on any atom is -0.380 e. The minimum absolute atomic E-state index is 0. The summed E-state index contributed by atoms with van der Waals surface area (Å²) in [6.45, 7) is 10.0. The SMILES string of the molecule is CC(C)c1ccc([C@](O)(c2cncc(-c3noc(C4CCNCC4)n3)c2)C2(C)CN(C)C2)cc1.Cl. The van der Waals surface area contributed by atoms with Gasteiger partial charge in [-0.2, -0.15) is 4.98 Å². The van der Waals surface area contributed by atoms with Gasteiger partial charge in [0, 0.05) is 47.9 Å². The number of benzene rings is 1. The van der Waals surface area contributed by atoms with Crippen molar-refractivity contribution >= 4 is 12.4 Å². The number of aromatic nitrogens is 3. The van der Waals surface area contributed by atoms with Crippen molar-refractivity contribution in [3.8, 4) is 11.4 Å². The third-order valence-electron chi connectivity index (χ3n) is 7.65. The van der Waals surface area contributed by atoms with E-state index in [0.29, 0.717) is 23.6 Å². The van der Waals surface area contributed by atoms with Gasteiger partial charge >= 0.3 is 0 Å². The molecule has 2 aromatic heterocycles. The lowest BCUT2D eigenvalue weighted by Gasteiger charge is -2.55. The lowest BCUT2D eigenvalue weighted by molar-refractivity contribution is -0.127. The van der Waals surface area contributed by atoms with Crippen molar-refractivity contribution in [1.82, 2.24) is 25.3 Å².